The van der Waals surface area contributed by atoms with E-state index < -0.39 is 0 Å². The van der Waals surface area contributed by atoms with Crippen molar-refractivity contribution in [2.75, 3.05) is 6.61 Å². The number of rotatable bonds is 6. The minimum Gasteiger partial charge on any atom is -0.378 e. The Balaban J connectivity index is 1.96. The second kappa shape index (κ2) is 6.68. The summed E-state index contributed by atoms with van der Waals surface area (Å²) < 4.78 is 5.59. The van der Waals surface area contributed by atoms with Crippen LogP contribution in [0.15, 0.2) is 0 Å². The molecule has 1 aliphatic heterocycles. The summed E-state index contributed by atoms with van der Waals surface area (Å²) in [5.74, 6) is 0.768. The summed E-state index contributed by atoms with van der Waals surface area (Å²) in [6.07, 6.45) is 8.11. The van der Waals surface area contributed by atoms with Crippen LogP contribution < -0.4 is 0 Å². The monoisotopic (exact) mass is 218 g/mol. The summed E-state index contributed by atoms with van der Waals surface area (Å²) in [6, 6.07) is 0. The average Bonchev–Trinajstić information content (AvgIpc) is 2.55. The smallest absolute Gasteiger partial charge is 0.0576 e. The van der Waals surface area contributed by atoms with Crippen LogP contribution in [0, 0.1) is 5.92 Å². The summed E-state index contributed by atoms with van der Waals surface area (Å²) in [5.41, 5.74) is 0. The molecule has 1 rings (SSSR count). The minimum atomic E-state index is 0.327. The van der Waals surface area contributed by atoms with E-state index >= 15 is 0 Å². The fourth-order valence-corrected chi connectivity index (χ4v) is 2.54. The van der Waals surface area contributed by atoms with Crippen LogP contribution in [0.4, 0.5) is 0 Å². The first-order chi connectivity index (χ1) is 6.68. The number of ether oxygens (including phenoxy) is 1. The summed E-state index contributed by atoms with van der Waals surface area (Å²) in [6.45, 7) is 5.37. The summed E-state index contributed by atoms with van der Waals surface area (Å²) >= 11 is 5.95. The van der Waals surface area contributed by atoms with Crippen molar-refractivity contribution in [1.29, 1.82) is 0 Å². The van der Waals surface area contributed by atoms with E-state index in [9.17, 15) is 0 Å². The van der Waals surface area contributed by atoms with E-state index in [4.69, 9.17) is 16.3 Å². The second-order valence-electron chi connectivity index (χ2n) is 4.69. The lowest BCUT2D eigenvalue weighted by atomic mass is 9.97. The molecule has 0 aliphatic carbocycles. The van der Waals surface area contributed by atoms with Crippen LogP contribution in [-0.4, -0.2) is 18.1 Å². The molecule has 0 bridgehead atoms. The molecule has 0 spiro atoms. The molecular formula is C12H23ClO. The first kappa shape index (κ1) is 12.3. The molecule has 2 heteroatoms. The lowest BCUT2D eigenvalue weighted by Gasteiger charge is -2.14. The SMILES string of the molecule is CC(Cl)CC(C)CCCC1CCCO1. The molecule has 0 aromatic heterocycles. The maximum Gasteiger partial charge on any atom is 0.0576 e. The summed E-state index contributed by atoms with van der Waals surface area (Å²) in [7, 11) is 0. The van der Waals surface area contributed by atoms with Crippen LogP contribution in [0.3, 0.4) is 0 Å². The molecule has 3 unspecified atom stereocenters. The van der Waals surface area contributed by atoms with Crippen molar-refractivity contribution >= 4 is 11.6 Å². The van der Waals surface area contributed by atoms with Gasteiger partial charge in [-0.1, -0.05) is 19.8 Å². The zero-order valence-electron chi connectivity index (χ0n) is 9.47. The van der Waals surface area contributed by atoms with Crippen LogP contribution in [0.25, 0.3) is 0 Å². The molecule has 0 amide bonds. The van der Waals surface area contributed by atoms with E-state index in [0.29, 0.717) is 11.5 Å². The third-order valence-electron chi connectivity index (χ3n) is 2.97. The predicted molar refractivity (Wildman–Crippen MR) is 61.9 cm³/mol. The van der Waals surface area contributed by atoms with Crippen molar-refractivity contribution in [2.45, 2.75) is 63.9 Å². The van der Waals surface area contributed by atoms with Gasteiger partial charge in [-0.2, -0.15) is 0 Å². The first-order valence-electron chi connectivity index (χ1n) is 5.94. The van der Waals surface area contributed by atoms with Crippen molar-refractivity contribution in [3.63, 3.8) is 0 Å². The van der Waals surface area contributed by atoms with Crippen molar-refractivity contribution in [3.05, 3.63) is 0 Å². The number of hydrogen-bond donors (Lipinski definition) is 0. The third kappa shape index (κ3) is 5.21. The molecule has 1 nitrogen and oxygen atoms in total. The van der Waals surface area contributed by atoms with Gasteiger partial charge in [-0.25, -0.2) is 0 Å². The molecule has 1 saturated heterocycles. The zero-order chi connectivity index (χ0) is 10.4. The molecule has 0 radical (unpaired) electrons. The highest BCUT2D eigenvalue weighted by atomic mass is 35.5. The van der Waals surface area contributed by atoms with Gasteiger partial charge >= 0.3 is 0 Å². The molecule has 0 saturated carbocycles. The van der Waals surface area contributed by atoms with Gasteiger partial charge in [0.1, 0.15) is 0 Å². The average molecular weight is 219 g/mol. The highest BCUT2D eigenvalue weighted by molar-refractivity contribution is 6.20. The number of alkyl halides is 1. The van der Waals surface area contributed by atoms with Crippen molar-refractivity contribution in [3.8, 4) is 0 Å². The van der Waals surface area contributed by atoms with Gasteiger partial charge in [0.15, 0.2) is 0 Å². The Bertz CT molecular complexity index is 141. The molecule has 14 heavy (non-hydrogen) atoms. The Morgan fingerprint density at radius 1 is 1.43 bits per heavy atom. The van der Waals surface area contributed by atoms with E-state index in [1.54, 1.807) is 0 Å². The minimum absolute atomic E-state index is 0.327. The Labute approximate surface area is 93.2 Å². The lowest BCUT2D eigenvalue weighted by Crippen LogP contribution is -2.07. The summed E-state index contributed by atoms with van der Waals surface area (Å²) in [5, 5.41) is 0.327. The summed E-state index contributed by atoms with van der Waals surface area (Å²) in [4.78, 5) is 0. The highest BCUT2D eigenvalue weighted by Gasteiger charge is 2.15. The molecule has 0 N–H and O–H groups in total. The predicted octanol–water partition coefficient (Wildman–Crippen LogP) is 3.99. The quantitative estimate of drug-likeness (QED) is 0.613. The van der Waals surface area contributed by atoms with Crippen molar-refractivity contribution < 1.29 is 4.74 Å². The fraction of sp³-hybridized carbons (Fsp3) is 1.00. The van der Waals surface area contributed by atoms with E-state index in [2.05, 4.69) is 13.8 Å². The Morgan fingerprint density at radius 3 is 2.79 bits per heavy atom. The van der Waals surface area contributed by atoms with Gasteiger partial charge < -0.3 is 4.74 Å². The molecule has 84 valence electrons. The lowest BCUT2D eigenvalue weighted by molar-refractivity contribution is 0.101. The third-order valence-corrected chi connectivity index (χ3v) is 3.15. The van der Waals surface area contributed by atoms with Gasteiger partial charge in [0.05, 0.1) is 6.10 Å². The molecule has 0 aromatic rings. The Kier molecular flexibility index (Phi) is 5.88. The first-order valence-corrected chi connectivity index (χ1v) is 6.37. The fourth-order valence-electron chi connectivity index (χ4n) is 2.24. The van der Waals surface area contributed by atoms with Crippen LogP contribution in [0.5, 0.6) is 0 Å². The molecule has 0 aromatic carbocycles. The van der Waals surface area contributed by atoms with Crippen LogP contribution in [0.1, 0.15) is 52.4 Å². The van der Waals surface area contributed by atoms with Crippen LogP contribution in [-0.2, 0) is 4.74 Å². The number of hydrogen-bond acceptors (Lipinski definition) is 1. The molecular weight excluding hydrogens is 196 g/mol. The van der Waals surface area contributed by atoms with Gasteiger partial charge in [-0.3, -0.25) is 0 Å². The van der Waals surface area contributed by atoms with Gasteiger partial charge in [0.25, 0.3) is 0 Å². The van der Waals surface area contributed by atoms with Gasteiger partial charge in [0.2, 0.25) is 0 Å². The van der Waals surface area contributed by atoms with Gasteiger partial charge in [-0.15, -0.1) is 11.6 Å². The topological polar surface area (TPSA) is 9.23 Å². The van der Waals surface area contributed by atoms with Crippen LogP contribution in [0.2, 0.25) is 0 Å². The van der Waals surface area contributed by atoms with Crippen LogP contribution >= 0.6 is 11.6 Å². The Morgan fingerprint density at radius 2 is 2.21 bits per heavy atom. The van der Waals surface area contributed by atoms with E-state index in [-0.39, 0.29) is 0 Å². The van der Waals surface area contributed by atoms with E-state index in [1.807, 2.05) is 0 Å². The molecule has 1 aliphatic rings. The largest absolute Gasteiger partial charge is 0.378 e. The molecule has 3 atom stereocenters. The second-order valence-corrected chi connectivity index (χ2v) is 5.43. The highest BCUT2D eigenvalue weighted by Crippen LogP contribution is 2.21. The van der Waals surface area contributed by atoms with Crippen molar-refractivity contribution in [2.24, 2.45) is 5.92 Å². The standard InChI is InChI=1S/C12H23ClO/c1-10(9-11(2)13)5-3-6-12-7-4-8-14-12/h10-12H,3-9H2,1-2H3. The van der Waals surface area contributed by atoms with E-state index in [0.717, 1.165) is 18.9 Å². The molecule has 1 fully saturated rings. The van der Waals surface area contributed by atoms with E-state index in [1.165, 1.54) is 32.1 Å². The number of halogens is 1. The van der Waals surface area contributed by atoms with Crippen molar-refractivity contribution in [1.82, 2.24) is 0 Å². The molecule has 1 heterocycles. The van der Waals surface area contributed by atoms with Gasteiger partial charge in [-0.05, 0) is 38.5 Å². The maximum atomic E-state index is 5.95. The van der Waals surface area contributed by atoms with Gasteiger partial charge in [0, 0.05) is 12.0 Å². The Hall–Kier alpha value is 0.250. The normalized spacial score (nSPS) is 26.4. The zero-order valence-corrected chi connectivity index (χ0v) is 10.2. The maximum absolute atomic E-state index is 5.95.